The quantitative estimate of drug-likeness (QED) is 0.746. The van der Waals surface area contributed by atoms with Gasteiger partial charge < -0.3 is 5.32 Å². The molecule has 14 heavy (non-hydrogen) atoms. The first-order chi connectivity index (χ1) is 6.75. The van der Waals surface area contributed by atoms with E-state index in [9.17, 15) is 0 Å². The van der Waals surface area contributed by atoms with Gasteiger partial charge in [-0.15, -0.1) is 11.3 Å². The molecule has 1 aromatic heterocycles. The van der Waals surface area contributed by atoms with Crippen LogP contribution in [0, 0.1) is 12.3 Å². The van der Waals surface area contributed by atoms with Crippen LogP contribution < -0.4 is 5.32 Å². The molecule has 0 radical (unpaired) electrons. The molecule has 2 aliphatic rings. The molecule has 76 valence electrons. The highest BCUT2D eigenvalue weighted by Gasteiger charge is 2.51. The van der Waals surface area contributed by atoms with E-state index in [1.165, 1.54) is 30.6 Å². The minimum atomic E-state index is 0.652. The number of hydrogen-bond donors (Lipinski definition) is 1. The van der Waals surface area contributed by atoms with Gasteiger partial charge in [0.05, 0.1) is 0 Å². The van der Waals surface area contributed by atoms with Crippen LogP contribution in [0.4, 0.5) is 0 Å². The molecule has 0 aromatic carbocycles. The molecular weight excluding hydrogens is 190 g/mol. The van der Waals surface area contributed by atoms with Crippen molar-refractivity contribution < 1.29 is 0 Å². The molecule has 0 saturated heterocycles. The zero-order valence-electron chi connectivity index (χ0n) is 8.89. The highest BCUT2D eigenvalue weighted by molar-refractivity contribution is 7.12. The maximum atomic E-state index is 3.54. The van der Waals surface area contributed by atoms with Gasteiger partial charge in [0.2, 0.25) is 0 Å². The van der Waals surface area contributed by atoms with Gasteiger partial charge in [0, 0.05) is 15.8 Å². The van der Waals surface area contributed by atoms with E-state index in [-0.39, 0.29) is 0 Å². The van der Waals surface area contributed by atoms with E-state index in [1.54, 1.807) is 10.4 Å². The fraction of sp³-hybridized carbons (Fsp3) is 0.667. The Bertz CT molecular complexity index is 362. The maximum Gasteiger partial charge on any atom is 0.0472 e. The molecule has 1 heterocycles. The number of rotatable bonds is 1. The smallest absolute Gasteiger partial charge is 0.0472 e. The lowest BCUT2D eigenvalue weighted by Gasteiger charge is -2.31. The van der Waals surface area contributed by atoms with Gasteiger partial charge in [-0.25, -0.2) is 0 Å². The van der Waals surface area contributed by atoms with Crippen LogP contribution in [0.25, 0.3) is 0 Å². The predicted molar refractivity (Wildman–Crippen MR) is 60.8 cm³/mol. The standard InChI is InChI=1S/C12H17NS/c1-8-7-9-3-4-12(5-6-12)11(13-2)10(9)14-8/h7,11,13H,3-6H2,1-2H3. The highest BCUT2D eigenvalue weighted by atomic mass is 32.1. The molecule has 1 aromatic rings. The van der Waals surface area contributed by atoms with E-state index in [0.717, 1.165) is 0 Å². The Hall–Kier alpha value is -0.340. The highest BCUT2D eigenvalue weighted by Crippen LogP contribution is 2.61. The lowest BCUT2D eigenvalue weighted by atomic mass is 9.82. The largest absolute Gasteiger partial charge is 0.312 e. The molecule has 2 heteroatoms. The Morgan fingerprint density at radius 3 is 2.86 bits per heavy atom. The molecule has 0 bridgehead atoms. The third-order valence-corrected chi connectivity index (χ3v) is 5.07. The summed E-state index contributed by atoms with van der Waals surface area (Å²) in [5.41, 5.74) is 2.27. The molecule has 1 atom stereocenters. The van der Waals surface area contributed by atoms with Crippen LogP contribution in [0.5, 0.6) is 0 Å². The topological polar surface area (TPSA) is 12.0 Å². The van der Waals surface area contributed by atoms with Crippen molar-refractivity contribution in [2.24, 2.45) is 5.41 Å². The number of nitrogens with one attached hydrogen (secondary N) is 1. The number of aryl methyl sites for hydroxylation is 2. The molecular formula is C12H17NS. The van der Waals surface area contributed by atoms with E-state index < -0.39 is 0 Å². The van der Waals surface area contributed by atoms with Crippen LogP contribution in [0.3, 0.4) is 0 Å². The Balaban J connectivity index is 2.05. The molecule has 1 saturated carbocycles. The summed E-state index contributed by atoms with van der Waals surface area (Å²) >= 11 is 2.00. The van der Waals surface area contributed by atoms with E-state index in [2.05, 4.69) is 25.4 Å². The van der Waals surface area contributed by atoms with Gasteiger partial charge in [0.1, 0.15) is 0 Å². The normalized spacial score (nSPS) is 27.7. The number of hydrogen-bond acceptors (Lipinski definition) is 2. The summed E-state index contributed by atoms with van der Waals surface area (Å²) in [6.07, 6.45) is 5.60. The zero-order chi connectivity index (χ0) is 9.76. The lowest BCUT2D eigenvalue weighted by Crippen LogP contribution is -2.30. The summed E-state index contributed by atoms with van der Waals surface area (Å²) in [5.74, 6) is 0. The van der Waals surface area contributed by atoms with Gasteiger partial charge >= 0.3 is 0 Å². The Kier molecular flexibility index (Phi) is 1.80. The minimum absolute atomic E-state index is 0.652. The molecule has 0 amide bonds. The second-order valence-corrected chi connectivity index (χ2v) is 6.12. The molecule has 0 aliphatic heterocycles. The first-order valence-corrected chi connectivity index (χ1v) is 6.33. The third-order valence-electron chi connectivity index (χ3n) is 3.91. The van der Waals surface area contributed by atoms with Gasteiger partial charge in [-0.1, -0.05) is 0 Å². The second-order valence-electron chi connectivity index (χ2n) is 4.83. The van der Waals surface area contributed by atoms with E-state index >= 15 is 0 Å². The number of thiophene rings is 1. The van der Waals surface area contributed by atoms with Gasteiger partial charge in [0.15, 0.2) is 0 Å². The average molecular weight is 207 g/mol. The van der Waals surface area contributed by atoms with Crippen molar-refractivity contribution in [3.05, 3.63) is 21.4 Å². The maximum absolute atomic E-state index is 3.54. The summed E-state index contributed by atoms with van der Waals surface area (Å²) < 4.78 is 0. The van der Waals surface area contributed by atoms with Crippen LogP contribution in [0.1, 0.15) is 40.6 Å². The van der Waals surface area contributed by atoms with Crippen molar-refractivity contribution in [2.45, 2.75) is 38.6 Å². The molecule has 2 aliphatic carbocycles. The van der Waals surface area contributed by atoms with Crippen molar-refractivity contribution in [2.75, 3.05) is 7.05 Å². The summed E-state index contributed by atoms with van der Waals surface area (Å²) in [6, 6.07) is 3.05. The Morgan fingerprint density at radius 1 is 1.43 bits per heavy atom. The van der Waals surface area contributed by atoms with Crippen molar-refractivity contribution in [3.8, 4) is 0 Å². The van der Waals surface area contributed by atoms with Crippen molar-refractivity contribution in [3.63, 3.8) is 0 Å². The van der Waals surface area contributed by atoms with Gasteiger partial charge in [-0.3, -0.25) is 0 Å². The van der Waals surface area contributed by atoms with E-state index in [1.807, 2.05) is 11.3 Å². The fourth-order valence-electron chi connectivity index (χ4n) is 2.97. The van der Waals surface area contributed by atoms with Crippen LogP contribution in [-0.2, 0) is 6.42 Å². The molecule has 1 unspecified atom stereocenters. The predicted octanol–water partition coefficient (Wildman–Crippen LogP) is 3.04. The first kappa shape index (κ1) is 8.93. The summed E-state index contributed by atoms with van der Waals surface area (Å²) in [7, 11) is 2.12. The summed E-state index contributed by atoms with van der Waals surface area (Å²) in [4.78, 5) is 3.11. The zero-order valence-corrected chi connectivity index (χ0v) is 9.71. The molecule has 1 fully saturated rings. The number of fused-ring (bicyclic) bond motifs is 1. The first-order valence-electron chi connectivity index (χ1n) is 5.52. The van der Waals surface area contributed by atoms with E-state index in [0.29, 0.717) is 11.5 Å². The Labute approximate surface area is 89.5 Å². The molecule has 1 spiro atoms. The van der Waals surface area contributed by atoms with Crippen molar-refractivity contribution in [1.29, 1.82) is 0 Å². The van der Waals surface area contributed by atoms with Crippen molar-refractivity contribution >= 4 is 11.3 Å². The third kappa shape index (κ3) is 1.10. The van der Waals surface area contributed by atoms with Gasteiger partial charge in [-0.05, 0) is 56.7 Å². The van der Waals surface area contributed by atoms with Gasteiger partial charge in [0.25, 0.3) is 0 Å². The van der Waals surface area contributed by atoms with Crippen LogP contribution in [0.2, 0.25) is 0 Å². The second kappa shape index (κ2) is 2.83. The molecule has 3 rings (SSSR count). The van der Waals surface area contributed by atoms with Crippen molar-refractivity contribution in [1.82, 2.24) is 5.32 Å². The van der Waals surface area contributed by atoms with Gasteiger partial charge in [-0.2, -0.15) is 0 Å². The van der Waals surface area contributed by atoms with Crippen LogP contribution in [0.15, 0.2) is 6.07 Å². The molecule has 1 nitrogen and oxygen atoms in total. The SMILES string of the molecule is CNC1c2sc(C)cc2CCC12CC2. The monoisotopic (exact) mass is 207 g/mol. The van der Waals surface area contributed by atoms with Crippen LogP contribution >= 0.6 is 11.3 Å². The lowest BCUT2D eigenvalue weighted by molar-refractivity contribution is 0.318. The molecule has 1 N–H and O–H groups in total. The Morgan fingerprint density at radius 2 is 2.21 bits per heavy atom. The summed E-state index contributed by atoms with van der Waals surface area (Å²) in [6.45, 7) is 2.23. The average Bonchev–Trinajstić information content (AvgIpc) is 2.82. The summed E-state index contributed by atoms with van der Waals surface area (Å²) in [5, 5.41) is 3.54. The fourth-order valence-corrected chi connectivity index (χ4v) is 4.29. The minimum Gasteiger partial charge on any atom is -0.312 e. The van der Waals surface area contributed by atoms with Crippen LogP contribution in [-0.4, -0.2) is 7.05 Å². The van der Waals surface area contributed by atoms with E-state index in [4.69, 9.17) is 0 Å².